The van der Waals surface area contributed by atoms with E-state index in [1.54, 1.807) is 34.4 Å². The molecule has 2 aliphatic heterocycles. The second-order valence-electron chi connectivity index (χ2n) is 8.99. The van der Waals surface area contributed by atoms with E-state index in [1.165, 1.54) is 11.1 Å². The van der Waals surface area contributed by atoms with Crippen LogP contribution in [0.2, 0.25) is 0 Å². The maximum atomic E-state index is 14.7. The van der Waals surface area contributed by atoms with Crippen molar-refractivity contribution in [1.82, 2.24) is 14.8 Å². The quantitative estimate of drug-likeness (QED) is 0.578. The molecule has 2 fully saturated rings. The molecule has 3 heterocycles. The molecule has 0 spiro atoms. The number of hydrazone groups is 1. The monoisotopic (exact) mass is 484 g/mol. The fourth-order valence-corrected chi connectivity index (χ4v) is 5.22. The van der Waals surface area contributed by atoms with Crippen LogP contribution >= 0.6 is 11.3 Å². The molecule has 1 aromatic heterocycles. The first-order valence-electron chi connectivity index (χ1n) is 11.9. The molecule has 0 bridgehead atoms. The molecular weight excluding hydrogens is 455 g/mol. The number of morpholine rings is 1. The highest BCUT2D eigenvalue weighted by Crippen LogP contribution is 2.35. The minimum Gasteiger partial charge on any atom is -0.379 e. The smallest absolute Gasteiger partial charge is 0.262 e. The summed E-state index contributed by atoms with van der Waals surface area (Å²) in [5.41, 5.74) is 1.21. The maximum absolute atomic E-state index is 14.7. The van der Waals surface area contributed by atoms with E-state index in [1.807, 2.05) is 17.5 Å². The van der Waals surface area contributed by atoms with E-state index >= 15 is 0 Å². The average molecular weight is 485 g/mol. The van der Waals surface area contributed by atoms with Gasteiger partial charge < -0.3 is 9.64 Å². The molecule has 0 radical (unpaired) electrons. The number of hydrogen-bond acceptors (Lipinski definition) is 6. The van der Waals surface area contributed by atoms with Crippen molar-refractivity contribution in [2.75, 3.05) is 45.9 Å². The fraction of sp³-hybridized carbons (Fsp3) is 0.480. The molecule has 1 aromatic carbocycles. The van der Waals surface area contributed by atoms with Gasteiger partial charge in [-0.25, -0.2) is 9.40 Å². The van der Waals surface area contributed by atoms with Crippen LogP contribution in [0.15, 0.2) is 46.9 Å². The lowest BCUT2D eigenvalue weighted by Gasteiger charge is -2.31. The Morgan fingerprint density at radius 1 is 1.15 bits per heavy atom. The van der Waals surface area contributed by atoms with Crippen molar-refractivity contribution in [1.29, 1.82) is 0 Å². The predicted octanol–water partition coefficient (Wildman–Crippen LogP) is 3.14. The third kappa shape index (κ3) is 5.21. The zero-order valence-corrected chi connectivity index (χ0v) is 19.9. The first-order valence-corrected chi connectivity index (χ1v) is 12.7. The van der Waals surface area contributed by atoms with Gasteiger partial charge in [0.15, 0.2) is 0 Å². The number of halogens is 1. The van der Waals surface area contributed by atoms with Crippen LogP contribution in [0.4, 0.5) is 4.39 Å². The molecule has 3 aliphatic rings. The van der Waals surface area contributed by atoms with Crippen LogP contribution in [0.25, 0.3) is 0 Å². The van der Waals surface area contributed by atoms with Gasteiger partial charge in [0.05, 0.1) is 29.8 Å². The van der Waals surface area contributed by atoms with Gasteiger partial charge in [0, 0.05) is 44.1 Å². The molecule has 9 heteroatoms. The second-order valence-corrected chi connectivity index (χ2v) is 9.94. The Labute approximate surface area is 202 Å². The molecule has 7 nitrogen and oxygen atoms in total. The number of nitrogens with zero attached hydrogens (tertiary/aromatic N) is 4. The van der Waals surface area contributed by atoms with Crippen molar-refractivity contribution in [3.8, 4) is 0 Å². The number of benzene rings is 1. The SMILES string of the molecule is O=C(C1CC1)N(CCN1CCOCC1)CC(=O)N1N=C(c2cccs2)C[C@@H]1c1ccccc1F. The van der Waals surface area contributed by atoms with E-state index in [0.29, 0.717) is 38.3 Å². The topological polar surface area (TPSA) is 65.5 Å². The van der Waals surface area contributed by atoms with Crippen molar-refractivity contribution in [2.45, 2.75) is 25.3 Å². The summed E-state index contributed by atoms with van der Waals surface area (Å²) in [7, 11) is 0. The standard InChI is InChI=1S/C25H29FN4O3S/c26-20-5-2-1-4-19(20)22-16-21(23-6-3-15-34-23)27-30(22)24(31)17-29(25(32)18-7-8-18)10-9-28-11-13-33-14-12-28/h1-6,15,18,22H,7-14,16-17H2/t22-/m1/s1. The Bertz CT molecular complexity index is 1050. The van der Waals surface area contributed by atoms with Gasteiger partial charge in [-0.05, 0) is 30.4 Å². The van der Waals surface area contributed by atoms with Gasteiger partial charge in [-0.2, -0.15) is 5.10 Å². The Kier molecular flexibility index (Phi) is 7.03. The number of hydrogen-bond donors (Lipinski definition) is 0. The summed E-state index contributed by atoms with van der Waals surface area (Å²) < 4.78 is 20.1. The van der Waals surface area contributed by atoms with Crippen LogP contribution in [0, 0.1) is 11.7 Å². The summed E-state index contributed by atoms with van der Waals surface area (Å²) in [6.45, 7) is 4.18. The predicted molar refractivity (Wildman–Crippen MR) is 128 cm³/mol. The molecule has 0 N–H and O–H groups in total. The van der Waals surface area contributed by atoms with Crippen LogP contribution in [0.3, 0.4) is 0 Å². The highest BCUT2D eigenvalue weighted by molar-refractivity contribution is 7.12. The zero-order chi connectivity index (χ0) is 23.5. The second kappa shape index (κ2) is 10.3. The largest absolute Gasteiger partial charge is 0.379 e. The Morgan fingerprint density at radius 3 is 2.65 bits per heavy atom. The molecule has 2 aromatic rings. The van der Waals surface area contributed by atoms with Gasteiger partial charge in [-0.1, -0.05) is 24.3 Å². The summed E-state index contributed by atoms with van der Waals surface area (Å²) in [6.07, 6.45) is 2.20. The Morgan fingerprint density at radius 2 is 1.94 bits per heavy atom. The van der Waals surface area contributed by atoms with E-state index < -0.39 is 6.04 Å². The number of carbonyl (C=O) groups excluding carboxylic acids is 2. The normalized spacial score (nSPS) is 20.9. The molecule has 180 valence electrons. The van der Waals surface area contributed by atoms with Crippen molar-refractivity contribution < 1.29 is 18.7 Å². The molecule has 5 rings (SSSR count). The van der Waals surface area contributed by atoms with Crippen molar-refractivity contribution in [3.05, 3.63) is 58.0 Å². The first kappa shape index (κ1) is 23.1. The number of rotatable bonds is 8. The minimum atomic E-state index is -0.525. The lowest BCUT2D eigenvalue weighted by atomic mass is 10.0. The van der Waals surface area contributed by atoms with Gasteiger partial charge >= 0.3 is 0 Å². The summed E-state index contributed by atoms with van der Waals surface area (Å²) >= 11 is 1.55. The van der Waals surface area contributed by atoms with Crippen LogP contribution in [0.5, 0.6) is 0 Å². The number of carbonyl (C=O) groups is 2. The van der Waals surface area contributed by atoms with Gasteiger partial charge in [-0.3, -0.25) is 14.5 Å². The van der Waals surface area contributed by atoms with E-state index in [0.717, 1.165) is 36.5 Å². The highest BCUT2D eigenvalue weighted by Gasteiger charge is 2.38. The molecule has 1 aliphatic carbocycles. The van der Waals surface area contributed by atoms with Crippen molar-refractivity contribution in [2.24, 2.45) is 11.0 Å². The molecule has 1 saturated carbocycles. The molecule has 34 heavy (non-hydrogen) atoms. The number of amides is 2. The Balaban J connectivity index is 1.35. The average Bonchev–Trinajstić information content (AvgIpc) is 3.37. The first-order chi connectivity index (χ1) is 16.6. The third-order valence-electron chi connectivity index (χ3n) is 6.59. The lowest BCUT2D eigenvalue weighted by molar-refractivity contribution is -0.142. The van der Waals surface area contributed by atoms with Crippen molar-refractivity contribution in [3.63, 3.8) is 0 Å². The van der Waals surface area contributed by atoms with E-state index in [4.69, 9.17) is 4.74 Å². The lowest BCUT2D eigenvalue weighted by Crippen LogP contribution is -2.47. The number of ether oxygens (including phenoxy) is 1. The summed E-state index contributed by atoms with van der Waals surface area (Å²) in [4.78, 5) is 31.4. The van der Waals surface area contributed by atoms with Crippen LogP contribution < -0.4 is 0 Å². The molecule has 1 saturated heterocycles. The summed E-state index contributed by atoms with van der Waals surface area (Å²) in [5.74, 6) is -0.587. The zero-order valence-electron chi connectivity index (χ0n) is 19.1. The summed E-state index contributed by atoms with van der Waals surface area (Å²) in [6, 6.07) is 9.90. The van der Waals surface area contributed by atoms with Crippen LogP contribution in [0.1, 0.15) is 35.7 Å². The van der Waals surface area contributed by atoms with E-state index in [2.05, 4.69) is 10.0 Å². The van der Waals surface area contributed by atoms with Crippen LogP contribution in [-0.2, 0) is 14.3 Å². The Hall–Kier alpha value is -2.62. The van der Waals surface area contributed by atoms with E-state index in [9.17, 15) is 14.0 Å². The van der Waals surface area contributed by atoms with Gasteiger partial charge in [0.25, 0.3) is 5.91 Å². The van der Waals surface area contributed by atoms with Gasteiger partial charge in [0.1, 0.15) is 12.4 Å². The molecule has 0 unspecified atom stereocenters. The highest BCUT2D eigenvalue weighted by atomic mass is 32.1. The minimum absolute atomic E-state index is 0.0172. The molecule has 1 atom stereocenters. The van der Waals surface area contributed by atoms with Crippen LogP contribution in [-0.4, -0.2) is 78.3 Å². The molecular formula is C25H29FN4O3S. The number of thiophene rings is 1. The summed E-state index contributed by atoms with van der Waals surface area (Å²) in [5, 5.41) is 7.99. The molecule has 2 amide bonds. The van der Waals surface area contributed by atoms with Crippen molar-refractivity contribution >= 4 is 28.9 Å². The third-order valence-corrected chi connectivity index (χ3v) is 7.51. The van der Waals surface area contributed by atoms with Gasteiger partial charge in [0.2, 0.25) is 5.91 Å². The fourth-order valence-electron chi connectivity index (χ4n) is 4.50. The van der Waals surface area contributed by atoms with E-state index in [-0.39, 0.29) is 30.1 Å². The van der Waals surface area contributed by atoms with Gasteiger partial charge in [-0.15, -0.1) is 11.3 Å². The maximum Gasteiger partial charge on any atom is 0.262 e.